The first-order chi connectivity index (χ1) is 8.15. The molecular formula is C13H12N2O2. The quantitative estimate of drug-likeness (QED) is 0.831. The lowest BCUT2D eigenvalue weighted by molar-refractivity contribution is -0.142. The van der Waals surface area contributed by atoms with Crippen LogP contribution >= 0.6 is 0 Å². The summed E-state index contributed by atoms with van der Waals surface area (Å²) in [4.78, 5) is 15.4. The lowest BCUT2D eigenvalue weighted by atomic mass is 9.85. The first-order valence-electron chi connectivity index (χ1n) is 5.14. The molecule has 4 nitrogen and oxygen atoms in total. The highest BCUT2D eigenvalue weighted by molar-refractivity contribution is 5.84. The molecule has 3 N–H and O–H groups in total. The molecule has 1 aromatic heterocycles. The van der Waals surface area contributed by atoms with Gasteiger partial charge in [0.1, 0.15) is 0 Å². The summed E-state index contributed by atoms with van der Waals surface area (Å²) in [5.74, 6) is -1.10. The van der Waals surface area contributed by atoms with Crippen LogP contribution in [0.25, 0.3) is 0 Å². The highest BCUT2D eigenvalue weighted by Crippen LogP contribution is 2.26. The molecule has 1 aromatic carbocycles. The van der Waals surface area contributed by atoms with Crippen molar-refractivity contribution in [1.82, 2.24) is 4.98 Å². The van der Waals surface area contributed by atoms with Crippen LogP contribution in [0.1, 0.15) is 11.1 Å². The van der Waals surface area contributed by atoms with Gasteiger partial charge in [-0.05, 0) is 11.6 Å². The Kier molecular flexibility index (Phi) is 2.89. The van der Waals surface area contributed by atoms with Gasteiger partial charge in [-0.15, -0.1) is 0 Å². The molecule has 0 fully saturated rings. The lowest BCUT2D eigenvalue weighted by Crippen LogP contribution is -2.45. The van der Waals surface area contributed by atoms with Crippen molar-refractivity contribution in [3.05, 3.63) is 66.0 Å². The Morgan fingerprint density at radius 2 is 1.76 bits per heavy atom. The fourth-order valence-corrected chi connectivity index (χ4v) is 1.71. The Morgan fingerprint density at radius 1 is 1.12 bits per heavy atom. The van der Waals surface area contributed by atoms with Crippen LogP contribution in [0.4, 0.5) is 0 Å². The van der Waals surface area contributed by atoms with Crippen LogP contribution in [-0.2, 0) is 10.3 Å². The number of hydrogen-bond donors (Lipinski definition) is 2. The highest BCUT2D eigenvalue weighted by Gasteiger charge is 2.38. The van der Waals surface area contributed by atoms with E-state index in [4.69, 9.17) is 5.73 Å². The maximum absolute atomic E-state index is 11.5. The topological polar surface area (TPSA) is 76.2 Å². The van der Waals surface area contributed by atoms with Gasteiger partial charge in [-0.25, -0.2) is 4.79 Å². The van der Waals surface area contributed by atoms with Gasteiger partial charge in [0.2, 0.25) is 0 Å². The molecule has 1 unspecified atom stereocenters. The van der Waals surface area contributed by atoms with E-state index in [9.17, 15) is 9.90 Å². The second-order valence-electron chi connectivity index (χ2n) is 3.72. The number of carbonyl (C=O) groups is 1. The summed E-state index contributed by atoms with van der Waals surface area (Å²) in [5.41, 5.74) is 5.47. The molecular weight excluding hydrogens is 216 g/mol. The maximum Gasteiger partial charge on any atom is 0.333 e. The number of nitrogens with zero attached hydrogens (tertiary/aromatic N) is 1. The van der Waals surface area contributed by atoms with Gasteiger partial charge in [0, 0.05) is 18.0 Å². The Hall–Kier alpha value is -2.20. The van der Waals surface area contributed by atoms with Crippen LogP contribution in [0.5, 0.6) is 0 Å². The molecule has 1 heterocycles. The van der Waals surface area contributed by atoms with Crippen molar-refractivity contribution in [1.29, 1.82) is 0 Å². The minimum atomic E-state index is -1.56. The van der Waals surface area contributed by atoms with Crippen molar-refractivity contribution in [3.63, 3.8) is 0 Å². The van der Waals surface area contributed by atoms with Gasteiger partial charge in [0.15, 0.2) is 5.54 Å². The number of pyridine rings is 1. The summed E-state index contributed by atoms with van der Waals surface area (Å²) in [7, 11) is 0. The largest absolute Gasteiger partial charge is 0.479 e. The van der Waals surface area contributed by atoms with E-state index in [2.05, 4.69) is 4.98 Å². The molecule has 2 aromatic rings. The van der Waals surface area contributed by atoms with E-state index in [-0.39, 0.29) is 0 Å². The van der Waals surface area contributed by atoms with Crippen LogP contribution in [0.15, 0.2) is 54.9 Å². The molecule has 0 aliphatic heterocycles. The number of carboxylic acids is 1. The summed E-state index contributed by atoms with van der Waals surface area (Å²) < 4.78 is 0. The summed E-state index contributed by atoms with van der Waals surface area (Å²) >= 11 is 0. The third-order valence-electron chi connectivity index (χ3n) is 2.68. The van der Waals surface area contributed by atoms with E-state index in [0.717, 1.165) is 0 Å². The molecule has 0 radical (unpaired) electrons. The number of carboxylic acid groups (broad SMARTS) is 1. The Labute approximate surface area is 98.7 Å². The molecule has 17 heavy (non-hydrogen) atoms. The molecule has 0 aliphatic carbocycles. The predicted molar refractivity (Wildman–Crippen MR) is 63.3 cm³/mol. The zero-order valence-corrected chi connectivity index (χ0v) is 9.08. The standard InChI is InChI=1S/C13H12N2O2/c14-13(12(16)17,10-5-2-1-3-6-10)11-7-4-8-15-9-11/h1-9H,14H2,(H,16,17). The average Bonchev–Trinajstić information content (AvgIpc) is 2.39. The zero-order valence-electron chi connectivity index (χ0n) is 9.08. The fraction of sp³-hybridized carbons (Fsp3) is 0.0769. The number of hydrogen-bond acceptors (Lipinski definition) is 3. The van der Waals surface area contributed by atoms with E-state index < -0.39 is 11.5 Å². The summed E-state index contributed by atoms with van der Waals surface area (Å²) in [5, 5.41) is 9.39. The van der Waals surface area contributed by atoms with Crippen LogP contribution in [0.3, 0.4) is 0 Å². The predicted octanol–water partition coefficient (Wildman–Crippen LogP) is 1.37. The first-order valence-corrected chi connectivity index (χ1v) is 5.14. The van der Waals surface area contributed by atoms with Crippen LogP contribution in [0, 0.1) is 0 Å². The van der Waals surface area contributed by atoms with Crippen LogP contribution < -0.4 is 5.73 Å². The van der Waals surface area contributed by atoms with Gasteiger partial charge in [0.05, 0.1) is 0 Å². The fourth-order valence-electron chi connectivity index (χ4n) is 1.71. The van der Waals surface area contributed by atoms with Crippen molar-refractivity contribution in [2.45, 2.75) is 5.54 Å². The van der Waals surface area contributed by atoms with Gasteiger partial charge >= 0.3 is 5.97 Å². The Balaban J connectivity index is 2.59. The van der Waals surface area contributed by atoms with E-state index in [0.29, 0.717) is 11.1 Å². The number of benzene rings is 1. The van der Waals surface area contributed by atoms with Gasteiger partial charge in [-0.3, -0.25) is 4.98 Å². The van der Waals surface area contributed by atoms with Crippen LogP contribution in [0.2, 0.25) is 0 Å². The minimum Gasteiger partial charge on any atom is -0.479 e. The minimum absolute atomic E-state index is 0.457. The van der Waals surface area contributed by atoms with E-state index in [1.165, 1.54) is 6.20 Å². The number of rotatable bonds is 3. The summed E-state index contributed by atoms with van der Waals surface area (Å²) in [6.07, 6.45) is 3.05. The van der Waals surface area contributed by atoms with E-state index in [1.54, 1.807) is 42.6 Å². The van der Waals surface area contributed by atoms with Crippen molar-refractivity contribution < 1.29 is 9.90 Å². The van der Waals surface area contributed by atoms with Gasteiger partial charge in [-0.1, -0.05) is 36.4 Å². The van der Waals surface area contributed by atoms with Crippen molar-refractivity contribution in [3.8, 4) is 0 Å². The molecule has 0 saturated carbocycles. The molecule has 0 saturated heterocycles. The first kappa shape index (κ1) is 11.3. The second kappa shape index (κ2) is 4.35. The molecule has 1 atom stereocenters. The van der Waals surface area contributed by atoms with Gasteiger partial charge in [-0.2, -0.15) is 0 Å². The van der Waals surface area contributed by atoms with Gasteiger partial charge < -0.3 is 10.8 Å². The third-order valence-corrected chi connectivity index (χ3v) is 2.68. The lowest BCUT2D eigenvalue weighted by Gasteiger charge is -2.25. The molecule has 0 spiro atoms. The molecule has 4 heteroatoms. The van der Waals surface area contributed by atoms with Crippen LogP contribution in [-0.4, -0.2) is 16.1 Å². The molecule has 86 valence electrons. The third kappa shape index (κ3) is 1.90. The smallest absolute Gasteiger partial charge is 0.333 e. The average molecular weight is 228 g/mol. The molecule has 0 aliphatic rings. The van der Waals surface area contributed by atoms with E-state index >= 15 is 0 Å². The normalized spacial score (nSPS) is 13.9. The second-order valence-corrected chi connectivity index (χ2v) is 3.72. The Bertz CT molecular complexity index is 472. The monoisotopic (exact) mass is 228 g/mol. The van der Waals surface area contributed by atoms with Gasteiger partial charge in [0.25, 0.3) is 0 Å². The molecule has 0 amide bonds. The SMILES string of the molecule is NC(C(=O)O)(c1ccccc1)c1cccnc1. The van der Waals surface area contributed by atoms with E-state index in [1.807, 2.05) is 6.07 Å². The Morgan fingerprint density at radius 3 is 2.29 bits per heavy atom. The molecule has 2 rings (SSSR count). The highest BCUT2D eigenvalue weighted by atomic mass is 16.4. The number of aromatic nitrogens is 1. The van der Waals surface area contributed by atoms with Crippen molar-refractivity contribution in [2.24, 2.45) is 5.73 Å². The number of aliphatic carboxylic acids is 1. The number of nitrogens with two attached hydrogens (primary N) is 1. The van der Waals surface area contributed by atoms with Crippen molar-refractivity contribution >= 4 is 5.97 Å². The molecule has 0 bridgehead atoms. The summed E-state index contributed by atoms with van der Waals surface area (Å²) in [6, 6.07) is 12.1. The summed E-state index contributed by atoms with van der Waals surface area (Å²) in [6.45, 7) is 0. The zero-order chi connectivity index (χ0) is 12.3. The van der Waals surface area contributed by atoms with Crippen molar-refractivity contribution in [2.75, 3.05) is 0 Å². The maximum atomic E-state index is 11.5.